The van der Waals surface area contributed by atoms with E-state index in [0.717, 1.165) is 5.19 Å². The molecule has 0 fully saturated rings. The van der Waals surface area contributed by atoms with E-state index in [4.69, 9.17) is 11.1 Å². The Bertz CT molecular complexity index is 776. The van der Waals surface area contributed by atoms with Gasteiger partial charge in [0.05, 0.1) is 0 Å². The van der Waals surface area contributed by atoms with Gasteiger partial charge in [0.2, 0.25) is 0 Å². The molecule has 1 unspecified atom stereocenters. The van der Waals surface area contributed by atoms with Crippen molar-refractivity contribution in [1.82, 2.24) is 9.22 Å². The van der Waals surface area contributed by atoms with Crippen LogP contribution in [-0.2, 0) is 0 Å². The van der Waals surface area contributed by atoms with Gasteiger partial charge in [-0.1, -0.05) is 48.5 Å². The lowest BCUT2D eigenvalue weighted by molar-refractivity contribution is 0.514. The highest BCUT2D eigenvalue weighted by molar-refractivity contribution is 7.25. The van der Waals surface area contributed by atoms with Gasteiger partial charge in [0.15, 0.2) is 0 Å². The molecular formula is C18H21ClN2Si. The summed E-state index contributed by atoms with van der Waals surface area (Å²) < 4.78 is 2.24. The largest absolute Gasteiger partial charge is 0.371 e. The third kappa shape index (κ3) is 2.84. The molecule has 2 nitrogen and oxygen atoms in total. The SMILES string of the molecule is CC(C)(C)N[Si](Cl)(c1ccccc1)n1ccc2ccccc21. The first-order valence-electron chi connectivity index (χ1n) is 7.50. The van der Waals surface area contributed by atoms with E-state index in [1.165, 1.54) is 10.9 Å². The first kappa shape index (κ1) is 15.3. The summed E-state index contributed by atoms with van der Waals surface area (Å²) in [6, 6.07) is 20.9. The summed E-state index contributed by atoms with van der Waals surface area (Å²) in [6.07, 6.45) is 2.11. The van der Waals surface area contributed by atoms with E-state index in [0.29, 0.717) is 0 Å². The molecule has 0 saturated heterocycles. The van der Waals surface area contributed by atoms with Gasteiger partial charge in [-0.2, -0.15) is 0 Å². The number of hydrogen-bond acceptors (Lipinski definition) is 1. The minimum Gasteiger partial charge on any atom is -0.345 e. The summed E-state index contributed by atoms with van der Waals surface area (Å²) in [6.45, 7) is 6.48. The van der Waals surface area contributed by atoms with Crippen molar-refractivity contribution in [2.45, 2.75) is 26.3 Å². The number of benzene rings is 2. The molecule has 1 atom stereocenters. The summed E-state index contributed by atoms with van der Waals surface area (Å²) in [5, 5.41) is 2.37. The van der Waals surface area contributed by atoms with Gasteiger partial charge in [-0.25, -0.2) is 0 Å². The van der Waals surface area contributed by atoms with Crippen LogP contribution in [0.5, 0.6) is 0 Å². The van der Waals surface area contributed by atoms with Crippen LogP contribution in [0, 0.1) is 0 Å². The van der Waals surface area contributed by atoms with E-state index in [1.807, 2.05) is 6.07 Å². The number of rotatable bonds is 3. The summed E-state index contributed by atoms with van der Waals surface area (Å²) in [5.74, 6) is 0. The maximum absolute atomic E-state index is 7.29. The number of halogens is 1. The molecule has 0 spiro atoms. The normalized spacial score (nSPS) is 14.9. The Labute approximate surface area is 137 Å². The molecule has 3 aromatic rings. The number of aromatic nitrogens is 1. The van der Waals surface area contributed by atoms with Gasteiger partial charge >= 0.3 is 7.71 Å². The van der Waals surface area contributed by atoms with E-state index in [2.05, 4.69) is 90.8 Å². The van der Waals surface area contributed by atoms with Gasteiger partial charge < -0.3 is 9.22 Å². The zero-order valence-electron chi connectivity index (χ0n) is 13.2. The van der Waals surface area contributed by atoms with Crippen molar-refractivity contribution in [3.05, 3.63) is 66.9 Å². The highest BCUT2D eigenvalue weighted by atomic mass is 35.6. The maximum atomic E-state index is 7.29. The van der Waals surface area contributed by atoms with E-state index in [1.54, 1.807) is 0 Å². The number of fused-ring (bicyclic) bond motifs is 1. The topological polar surface area (TPSA) is 17.0 Å². The predicted octanol–water partition coefficient (Wildman–Crippen LogP) is 3.96. The summed E-state index contributed by atoms with van der Waals surface area (Å²) in [7, 11) is -2.61. The Balaban J connectivity index is 2.22. The van der Waals surface area contributed by atoms with Crippen molar-refractivity contribution in [3.63, 3.8) is 0 Å². The molecular weight excluding hydrogens is 308 g/mol. The fraction of sp³-hybridized carbons (Fsp3) is 0.222. The Kier molecular flexibility index (Phi) is 3.89. The van der Waals surface area contributed by atoms with Crippen LogP contribution in [0.15, 0.2) is 66.9 Å². The lowest BCUT2D eigenvalue weighted by atomic mass is 10.1. The quantitative estimate of drug-likeness (QED) is 0.569. The smallest absolute Gasteiger partial charge is 0.345 e. The molecule has 3 rings (SSSR count). The third-order valence-corrected chi connectivity index (χ3v) is 8.35. The highest BCUT2D eigenvalue weighted by Crippen LogP contribution is 2.23. The van der Waals surface area contributed by atoms with Crippen LogP contribution < -0.4 is 10.2 Å². The fourth-order valence-corrected chi connectivity index (χ4v) is 7.44. The molecule has 0 bridgehead atoms. The Morgan fingerprint density at radius 1 is 0.909 bits per heavy atom. The molecule has 0 aliphatic carbocycles. The van der Waals surface area contributed by atoms with Crippen molar-refractivity contribution in [2.24, 2.45) is 0 Å². The molecule has 0 aliphatic heterocycles. The van der Waals surface area contributed by atoms with Crippen LogP contribution in [-0.4, -0.2) is 17.5 Å². The average Bonchev–Trinajstić information content (AvgIpc) is 2.91. The van der Waals surface area contributed by atoms with Crippen LogP contribution in [0.25, 0.3) is 10.9 Å². The van der Waals surface area contributed by atoms with Gasteiger partial charge in [0.1, 0.15) is 0 Å². The lowest BCUT2D eigenvalue weighted by Gasteiger charge is -2.35. The second kappa shape index (κ2) is 5.58. The molecule has 4 heteroatoms. The first-order valence-corrected chi connectivity index (χ1v) is 10.5. The average molecular weight is 329 g/mol. The molecule has 1 heterocycles. The van der Waals surface area contributed by atoms with Crippen LogP contribution in [0.1, 0.15) is 20.8 Å². The van der Waals surface area contributed by atoms with Crippen LogP contribution in [0.2, 0.25) is 0 Å². The number of para-hydroxylation sites is 1. The van der Waals surface area contributed by atoms with Crippen molar-refractivity contribution in [1.29, 1.82) is 0 Å². The van der Waals surface area contributed by atoms with Crippen LogP contribution in [0.3, 0.4) is 0 Å². The van der Waals surface area contributed by atoms with Gasteiger partial charge in [0.25, 0.3) is 0 Å². The first-order chi connectivity index (χ1) is 10.4. The summed E-state index contributed by atoms with van der Waals surface area (Å²) in [4.78, 5) is 3.71. The van der Waals surface area contributed by atoms with Crippen LogP contribution >= 0.6 is 11.1 Å². The van der Waals surface area contributed by atoms with Crippen molar-refractivity contribution in [3.8, 4) is 0 Å². The molecule has 0 aliphatic rings. The summed E-state index contributed by atoms with van der Waals surface area (Å²) in [5.41, 5.74) is 1.10. The van der Waals surface area contributed by atoms with Crippen molar-refractivity contribution < 1.29 is 0 Å². The van der Waals surface area contributed by atoms with E-state index >= 15 is 0 Å². The van der Waals surface area contributed by atoms with Crippen LogP contribution in [0.4, 0.5) is 0 Å². The molecule has 1 aromatic heterocycles. The van der Waals surface area contributed by atoms with Gasteiger partial charge in [-0.05, 0) is 49.7 Å². The molecule has 2 aromatic carbocycles. The monoisotopic (exact) mass is 328 g/mol. The molecule has 22 heavy (non-hydrogen) atoms. The zero-order valence-corrected chi connectivity index (χ0v) is 14.9. The lowest BCUT2D eigenvalue weighted by Crippen LogP contribution is -2.66. The van der Waals surface area contributed by atoms with Gasteiger partial charge in [-0.3, -0.25) is 0 Å². The molecule has 0 radical (unpaired) electrons. The number of nitrogens with one attached hydrogen (secondary N) is 1. The fourth-order valence-electron chi connectivity index (χ4n) is 2.78. The molecule has 0 amide bonds. The van der Waals surface area contributed by atoms with E-state index in [9.17, 15) is 0 Å². The Hall–Kier alpha value is -1.55. The second-order valence-corrected chi connectivity index (χ2v) is 10.8. The van der Waals surface area contributed by atoms with Gasteiger partial charge in [-0.15, -0.1) is 11.1 Å². The van der Waals surface area contributed by atoms with Crippen molar-refractivity contribution in [2.75, 3.05) is 0 Å². The Morgan fingerprint density at radius 3 is 2.23 bits per heavy atom. The summed E-state index contributed by atoms with van der Waals surface area (Å²) >= 11 is 7.29. The number of hydrogen-bond donors (Lipinski definition) is 1. The van der Waals surface area contributed by atoms with E-state index in [-0.39, 0.29) is 5.54 Å². The van der Waals surface area contributed by atoms with Gasteiger partial charge in [0, 0.05) is 11.1 Å². The molecule has 114 valence electrons. The third-order valence-electron chi connectivity index (χ3n) is 3.63. The molecule has 0 saturated carbocycles. The molecule has 1 N–H and O–H groups in total. The highest BCUT2D eigenvalue weighted by Gasteiger charge is 2.40. The second-order valence-electron chi connectivity index (χ2n) is 6.61. The Morgan fingerprint density at radius 2 is 1.55 bits per heavy atom. The maximum Gasteiger partial charge on any atom is 0.371 e. The standard InChI is InChI=1S/C18H21ClN2Si/c1-18(2,3)20-22(19,16-10-5-4-6-11-16)21-14-13-15-9-7-8-12-17(15)21/h4-14,20H,1-3H3. The predicted molar refractivity (Wildman–Crippen MR) is 97.9 cm³/mol. The minimum absolute atomic E-state index is 0.0742. The zero-order chi connectivity index (χ0) is 15.8. The number of nitrogens with zero attached hydrogens (tertiary/aromatic N) is 1. The van der Waals surface area contributed by atoms with Crippen molar-refractivity contribution >= 4 is 34.9 Å². The minimum atomic E-state index is -2.61. The van der Waals surface area contributed by atoms with E-state index < -0.39 is 7.71 Å².